The quantitative estimate of drug-likeness (QED) is 0.591. The lowest BCUT2D eigenvalue weighted by Gasteiger charge is -2.28. The summed E-state index contributed by atoms with van der Waals surface area (Å²) < 4.78 is 63.1. The van der Waals surface area contributed by atoms with Crippen LogP contribution in [0.3, 0.4) is 0 Å². The van der Waals surface area contributed by atoms with Crippen LogP contribution in [0.15, 0.2) is 11.7 Å². The zero-order valence-corrected chi connectivity index (χ0v) is 9.74. The smallest absolute Gasteiger partial charge is 0.173 e. The molecule has 3 atom stereocenters. The van der Waals surface area contributed by atoms with Crippen LogP contribution in [-0.4, -0.2) is 6.18 Å². The Bertz CT molecular complexity index is 348. The van der Waals surface area contributed by atoms with Gasteiger partial charge in [-0.2, -0.15) is 22.0 Å². The zero-order valence-electron chi connectivity index (χ0n) is 9.74. The molecular weight excluding hydrogens is 239 g/mol. The first kappa shape index (κ1) is 12.8. The average Bonchev–Trinajstić information content (AvgIpc) is 2.51. The van der Waals surface area contributed by atoms with Gasteiger partial charge in [0.15, 0.2) is 0 Å². The number of alkyl halides is 3. The summed E-state index contributed by atoms with van der Waals surface area (Å²) in [6.45, 7) is 3.80. The first-order chi connectivity index (χ1) is 7.65. The Labute approximate surface area is 96.9 Å². The molecule has 98 valence electrons. The zero-order chi connectivity index (χ0) is 13.0. The van der Waals surface area contributed by atoms with Crippen LogP contribution in [0.2, 0.25) is 0 Å². The minimum absolute atomic E-state index is 0.147. The Hall–Kier alpha value is -0.610. The number of rotatable bonds is 1. The van der Waals surface area contributed by atoms with Gasteiger partial charge in [0.05, 0.1) is 0 Å². The van der Waals surface area contributed by atoms with Crippen molar-refractivity contribution in [2.45, 2.75) is 39.3 Å². The highest BCUT2D eigenvalue weighted by Gasteiger charge is 2.58. The van der Waals surface area contributed by atoms with E-state index in [0.29, 0.717) is 6.42 Å². The average molecular weight is 254 g/mol. The molecule has 5 heteroatoms. The van der Waals surface area contributed by atoms with Crippen LogP contribution in [0, 0.1) is 23.2 Å². The summed E-state index contributed by atoms with van der Waals surface area (Å²) in [7, 11) is 0. The van der Waals surface area contributed by atoms with Crippen LogP contribution in [0.1, 0.15) is 33.1 Å². The van der Waals surface area contributed by atoms with Crippen molar-refractivity contribution in [3.05, 3.63) is 11.7 Å². The first-order valence-electron chi connectivity index (χ1n) is 5.78. The second-order valence-electron chi connectivity index (χ2n) is 5.72. The molecule has 3 unspecified atom stereocenters. The minimum atomic E-state index is -4.90. The standard InChI is InChI=1S/C12H15F5/c1-11(2)6-3-4-8(11)7(5-6)9(10(13)14)12(15,16)17/h6-8H,3-5H2,1-2H3. The topological polar surface area (TPSA) is 0 Å². The summed E-state index contributed by atoms with van der Waals surface area (Å²) >= 11 is 0. The first-order valence-corrected chi connectivity index (χ1v) is 5.78. The van der Waals surface area contributed by atoms with Gasteiger partial charge in [-0.05, 0) is 42.4 Å². The van der Waals surface area contributed by atoms with E-state index >= 15 is 0 Å². The highest BCUT2D eigenvalue weighted by atomic mass is 19.4. The van der Waals surface area contributed by atoms with E-state index in [2.05, 4.69) is 0 Å². The summed E-state index contributed by atoms with van der Waals surface area (Å²) in [5.74, 6) is -1.12. The van der Waals surface area contributed by atoms with Crippen LogP contribution in [0.5, 0.6) is 0 Å². The normalized spacial score (nSPS) is 35.1. The van der Waals surface area contributed by atoms with Crippen LogP contribution in [0.4, 0.5) is 22.0 Å². The van der Waals surface area contributed by atoms with Crippen molar-refractivity contribution in [3.63, 3.8) is 0 Å². The summed E-state index contributed by atoms with van der Waals surface area (Å²) in [5, 5.41) is 0. The maximum absolute atomic E-state index is 12.7. The van der Waals surface area contributed by atoms with Gasteiger partial charge in [0, 0.05) is 0 Å². The van der Waals surface area contributed by atoms with Gasteiger partial charge in [-0.1, -0.05) is 13.8 Å². The highest BCUT2D eigenvalue weighted by Crippen LogP contribution is 2.63. The maximum atomic E-state index is 12.7. The molecule has 2 aliphatic carbocycles. The molecule has 0 amide bonds. The van der Waals surface area contributed by atoms with Crippen LogP contribution < -0.4 is 0 Å². The molecule has 0 heterocycles. The molecule has 0 aromatic heterocycles. The van der Waals surface area contributed by atoms with Crippen molar-refractivity contribution < 1.29 is 22.0 Å². The van der Waals surface area contributed by atoms with Gasteiger partial charge < -0.3 is 0 Å². The predicted molar refractivity (Wildman–Crippen MR) is 53.4 cm³/mol. The number of hydrogen-bond acceptors (Lipinski definition) is 0. The second kappa shape index (κ2) is 3.69. The third-order valence-corrected chi connectivity index (χ3v) is 4.74. The molecule has 17 heavy (non-hydrogen) atoms. The van der Waals surface area contributed by atoms with E-state index in [1.54, 1.807) is 0 Å². The molecule has 2 aliphatic rings. The van der Waals surface area contributed by atoms with E-state index in [1.165, 1.54) is 0 Å². The highest BCUT2D eigenvalue weighted by molar-refractivity contribution is 5.21. The van der Waals surface area contributed by atoms with Crippen molar-refractivity contribution in [1.82, 2.24) is 0 Å². The van der Waals surface area contributed by atoms with Crippen molar-refractivity contribution in [3.8, 4) is 0 Å². The number of allylic oxidation sites excluding steroid dienone is 1. The largest absolute Gasteiger partial charge is 0.418 e. The lowest BCUT2D eigenvalue weighted by Crippen LogP contribution is -2.27. The molecule has 2 rings (SSSR count). The summed E-state index contributed by atoms with van der Waals surface area (Å²) in [6.07, 6.45) is -5.69. The van der Waals surface area contributed by atoms with Gasteiger partial charge >= 0.3 is 6.18 Å². The van der Waals surface area contributed by atoms with Gasteiger partial charge in [-0.15, -0.1) is 0 Å². The van der Waals surface area contributed by atoms with E-state index < -0.39 is 23.7 Å². The molecule has 0 spiro atoms. The third kappa shape index (κ3) is 1.87. The Morgan fingerprint density at radius 3 is 2.00 bits per heavy atom. The fourth-order valence-electron chi connectivity index (χ4n) is 3.82. The van der Waals surface area contributed by atoms with E-state index in [1.807, 2.05) is 13.8 Å². The Morgan fingerprint density at radius 1 is 1.12 bits per heavy atom. The van der Waals surface area contributed by atoms with Gasteiger partial charge in [-0.3, -0.25) is 0 Å². The molecule has 0 N–H and O–H groups in total. The van der Waals surface area contributed by atoms with E-state index in [0.717, 1.165) is 6.42 Å². The van der Waals surface area contributed by atoms with E-state index in [4.69, 9.17) is 0 Å². The monoisotopic (exact) mass is 254 g/mol. The van der Waals surface area contributed by atoms with Gasteiger partial charge in [0.25, 0.3) is 6.08 Å². The molecule has 2 fully saturated rings. The molecular formula is C12H15F5. The predicted octanol–water partition coefficient (Wildman–Crippen LogP) is 4.77. The number of halogens is 5. The molecule has 0 aromatic carbocycles. The summed E-state index contributed by atoms with van der Waals surface area (Å²) in [5.41, 5.74) is -1.81. The second-order valence-corrected chi connectivity index (χ2v) is 5.72. The summed E-state index contributed by atoms with van der Waals surface area (Å²) in [4.78, 5) is 0. The number of fused-ring (bicyclic) bond motifs is 2. The Kier molecular flexibility index (Phi) is 2.79. The fraction of sp³-hybridized carbons (Fsp3) is 0.833. The summed E-state index contributed by atoms with van der Waals surface area (Å²) in [6, 6.07) is 0. The molecule has 0 nitrogen and oxygen atoms in total. The Morgan fingerprint density at radius 2 is 1.71 bits per heavy atom. The Balaban J connectivity index is 2.35. The lowest BCUT2D eigenvalue weighted by molar-refractivity contribution is -0.106. The van der Waals surface area contributed by atoms with E-state index in [-0.39, 0.29) is 23.7 Å². The van der Waals surface area contributed by atoms with Gasteiger partial charge in [0.2, 0.25) is 0 Å². The molecule has 0 aliphatic heterocycles. The molecule has 0 saturated heterocycles. The maximum Gasteiger partial charge on any atom is 0.418 e. The lowest BCUT2D eigenvalue weighted by atomic mass is 9.78. The van der Waals surface area contributed by atoms with Crippen molar-refractivity contribution in [2.24, 2.45) is 23.2 Å². The molecule has 0 radical (unpaired) electrons. The van der Waals surface area contributed by atoms with Crippen molar-refractivity contribution >= 4 is 0 Å². The molecule has 0 aromatic rings. The molecule has 2 saturated carbocycles. The fourth-order valence-corrected chi connectivity index (χ4v) is 3.82. The number of hydrogen-bond donors (Lipinski definition) is 0. The van der Waals surface area contributed by atoms with Gasteiger partial charge in [-0.25, -0.2) is 0 Å². The van der Waals surface area contributed by atoms with Crippen LogP contribution in [0.25, 0.3) is 0 Å². The minimum Gasteiger partial charge on any atom is -0.173 e. The van der Waals surface area contributed by atoms with E-state index in [9.17, 15) is 22.0 Å². The van der Waals surface area contributed by atoms with Gasteiger partial charge in [0.1, 0.15) is 5.57 Å². The van der Waals surface area contributed by atoms with Crippen LogP contribution in [-0.2, 0) is 0 Å². The third-order valence-electron chi connectivity index (χ3n) is 4.74. The van der Waals surface area contributed by atoms with Crippen molar-refractivity contribution in [2.75, 3.05) is 0 Å². The van der Waals surface area contributed by atoms with Crippen LogP contribution >= 0.6 is 0 Å². The SMILES string of the molecule is CC1(C)C2CCC1C(C(=C(F)F)C(F)(F)F)C2. The van der Waals surface area contributed by atoms with Crippen molar-refractivity contribution in [1.29, 1.82) is 0 Å². The molecule has 2 bridgehead atoms.